The lowest BCUT2D eigenvalue weighted by molar-refractivity contribution is -0.138. The van der Waals surface area contributed by atoms with Gasteiger partial charge in [-0.15, -0.1) is 0 Å². The molecule has 1 amide bonds. The summed E-state index contributed by atoms with van der Waals surface area (Å²) in [6.07, 6.45) is 1.71. The highest BCUT2D eigenvalue weighted by atomic mass is 16.4. The molecule has 0 aromatic heterocycles. The van der Waals surface area contributed by atoms with Crippen LogP contribution in [-0.2, 0) is 15.0 Å². The van der Waals surface area contributed by atoms with Crippen LogP contribution in [-0.4, -0.2) is 17.0 Å². The molecule has 130 valence electrons. The monoisotopic (exact) mass is 337 g/mol. The summed E-state index contributed by atoms with van der Waals surface area (Å²) in [7, 11) is 0. The first-order valence-electron chi connectivity index (χ1n) is 8.55. The summed E-state index contributed by atoms with van der Waals surface area (Å²) < 4.78 is 0. The van der Waals surface area contributed by atoms with Crippen molar-refractivity contribution in [2.75, 3.05) is 5.32 Å². The van der Waals surface area contributed by atoms with Gasteiger partial charge in [0.15, 0.2) is 0 Å². The fourth-order valence-corrected chi connectivity index (χ4v) is 3.27. The molecule has 25 heavy (non-hydrogen) atoms. The van der Waals surface area contributed by atoms with Gasteiger partial charge in [0.25, 0.3) is 0 Å². The standard InChI is InChI=1S/C21H23NO3/c1-13-10-14(2)12-17(11-13)21(8-9-21)20(25)22-18-6-4-16(5-7-18)15(3)19(23)24/h4-7,10-12,15H,8-9H2,1-3H3,(H,22,25)(H,23,24). The molecule has 0 heterocycles. The topological polar surface area (TPSA) is 66.4 Å². The maximum absolute atomic E-state index is 12.8. The van der Waals surface area contributed by atoms with E-state index in [-0.39, 0.29) is 5.91 Å². The number of hydrogen-bond donors (Lipinski definition) is 2. The molecule has 2 aromatic carbocycles. The van der Waals surface area contributed by atoms with E-state index in [1.54, 1.807) is 31.2 Å². The van der Waals surface area contributed by atoms with Crippen molar-refractivity contribution in [2.45, 2.75) is 44.9 Å². The van der Waals surface area contributed by atoms with E-state index in [0.717, 1.165) is 24.0 Å². The molecule has 0 aliphatic heterocycles. The predicted octanol–water partition coefficient (Wildman–Crippen LogP) is 4.16. The van der Waals surface area contributed by atoms with Crippen LogP contribution in [0.1, 0.15) is 47.9 Å². The first-order chi connectivity index (χ1) is 11.8. The van der Waals surface area contributed by atoms with Gasteiger partial charge in [-0.2, -0.15) is 0 Å². The van der Waals surface area contributed by atoms with Gasteiger partial charge in [-0.25, -0.2) is 0 Å². The molecule has 1 fully saturated rings. The number of carboxylic acids is 1. The van der Waals surface area contributed by atoms with E-state index in [1.807, 2.05) is 13.8 Å². The molecular weight excluding hydrogens is 314 g/mol. The molecule has 4 heteroatoms. The number of anilines is 1. The minimum absolute atomic E-state index is 0.0107. The highest BCUT2D eigenvalue weighted by Gasteiger charge is 2.51. The van der Waals surface area contributed by atoms with Crippen molar-refractivity contribution in [1.29, 1.82) is 0 Å². The number of amides is 1. The van der Waals surface area contributed by atoms with Gasteiger partial charge in [-0.3, -0.25) is 9.59 Å². The van der Waals surface area contributed by atoms with Gasteiger partial charge in [-0.05, 0) is 56.9 Å². The van der Waals surface area contributed by atoms with E-state index in [2.05, 4.69) is 23.5 Å². The summed E-state index contributed by atoms with van der Waals surface area (Å²) in [5.41, 5.74) is 4.41. The molecule has 2 N–H and O–H groups in total. The first-order valence-corrected chi connectivity index (χ1v) is 8.55. The highest BCUT2D eigenvalue weighted by molar-refractivity contribution is 6.01. The Balaban J connectivity index is 1.77. The van der Waals surface area contributed by atoms with Crippen molar-refractivity contribution in [3.05, 3.63) is 64.7 Å². The Hall–Kier alpha value is -2.62. The molecule has 1 unspecified atom stereocenters. The number of aryl methyl sites for hydroxylation is 2. The number of hydrogen-bond acceptors (Lipinski definition) is 2. The minimum atomic E-state index is -0.858. The summed E-state index contributed by atoms with van der Waals surface area (Å²) in [5, 5.41) is 12.1. The summed E-state index contributed by atoms with van der Waals surface area (Å²) in [5.74, 6) is -1.41. The molecule has 2 aromatic rings. The fourth-order valence-electron chi connectivity index (χ4n) is 3.27. The van der Waals surface area contributed by atoms with Crippen molar-refractivity contribution in [3.8, 4) is 0 Å². The maximum Gasteiger partial charge on any atom is 0.310 e. The smallest absolute Gasteiger partial charge is 0.310 e. The van der Waals surface area contributed by atoms with E-state index >= 15 is 0 Å². The van der Waals surface area contributed by atoms with Gasteiger partial charge < -0.3 is 10.4 Å². The van der Waals surface area contributed by atoms with E-state index in [0.29, 0.717) is 5.69 Å². The molecule has 0 saturated heterocycles. The first kappa shape index (κ1) is 17.2. The van der Waals surface area contributed by atoms with Gasteiger partial charge in [0.05, 0.1) is 11.3 Å². The average molecular weight is 337 g/mol. The van der Waals surface area contributed by atoms with Crippen molar-refractivity contribution in [2.24, 2.45) is 0 Å². The van der Waals surface area contributed by atoms with Crippen molar-refractivity contribution < 1.29 is 14.7 Å². The lowest BCUT2D eigenvalue weighted by Gasteiger charge is -2.17. The third kappa shape index (κ3) is 3.43. The second-order valence-electron chi connectivity index (χ2n) is 7.09. The second-order valence-corrected chi connectivity index (χ2v) is 7.09. The second kappa shape index (κ2) is 6.36. The van der Waals surface area contributed by atoms with Crippen LogP contribution in [0.5, 0.6) is 0 Å². The zero-order chi connectivity index (χ0) is 18.2. The van der Waals surface area contributed by atoms with Crippen LogP contribution in [0.25, 0.3) is 0 Å². The Kier molecular flexibility index (Phi) is 4.38. The lowest BCUT2D eigenvalue weighted by atomic mass is 9.92. The molecule has 1 aliphatic rings. The third-order valence-electron chi connectivity index (χ3n) is 5.00. The molecule has 1 aliphatic carbocycles. The van der Waals surface area contributed by atoms with Gasteiger partial charge in [-0.1, -0.05) is 41.5 Å². The van der Waals surface area contributed by atoms with E-state index in [9.17, 15) is 9.59 Å². The minimum Gasteiger partial charge on any atom is -0.481 e. The number of carbonyl (C=O) groups excluding carboxylic acids is 1. The molecule has 0 spiro atoms. The highest BCUT2D eigenvalue weighted by Crippen LogP contribution is 2.49. The van der Waals surface area contributed by atoms with E-state index in [4.69, 9.17) is 5.11 Å². The van der Waals surface area contributed by atoms with Gasteiger partial charge in [0.2, 0.25) is 5.91 Å². The van der Waals surface area contributed by atoms with Gasteiger partial charge >= 0.3 is 5.97 Å². The normalized spacial score (nSPS) is 16.1. The SMILES string of the molecule is Cc1cc(C)cc(C2(C(=O)Nc3ccc(C(C)C(=O)O)cc3)CC2)c1. The number of nitrogens with one attached hydrogen (secondary N) is 1. The predicted molar refractivity (Wildman–Crippen MR) is 98.0 cm³/mol. The number of carboxylic acid groups (broad SMARTS) is 1. The average Bonchev–Trinajstić information content (AvgIpc) is 3.36. The third-order valence-corrected chi connectivity index (χ3v) is 5.00. The van der Waals surface area contributed by atoms with Crippen LogP contribution in [0.4, 0.5) is 5.69 Å². The summed E-state index contributed by atoms with van der Waals surface area (Å²) in [6.45, 7) is 5.74. The molecule has 1 saturated carbocycles. The van der Waals surface area contributed by atoms with Crippen molar-refractivity contribution in [1.82, 2.24) is 0 Å². The Bertz CT molecular complexity index is 799. The fraction of sp³-hybridized carbons (Fsp3) is 0.333. The molecule has 1 atom stereocenters. The van der Waals surface area contributed by atoms with Crippen LogP contribution < -0.4 is 5.32 Å². The number of rotatable bonds is 5. The van der Waals surface area contributed by atoms with Crippen LogP contribution in [0.15, 0.2) is 42.5 Å². The molecule has 4 nitrogen and oxygen atoms in total. The van der Waals surface area contributed by atoms with Crippen LogP contribution in [0.3, 0.4) is 0 Å². The van der Waals surface area contributed by atoms with Crippen LogP contribution in [0.2, 0.25) is 0 Å². The Morgan fingerprint density at radius 1 is 1.04 bits per heavy atom. The Morgan fingerprint density at radius 2 is 1.60 bits per heavy atom. The quantitative estimate of drug-likeness (QED) is 0.861. The van der Waals surface area contributed by atoms with Gasteiger partial charge in [0.1, 0.15) is 0 Å². The van der Waals surface area contributed by atoms with Gasteiger partial charge in [0, 0.05) is 5.69 Å². The van der Waals surface area contributed by atoms with Crippen LogP contribution in [0, 0.1) is 13.8 Å². The largest absolute Gasteiger partial charge is 0.481 e. The van der Waals surface area contributed by atoms with E-state index in [1.165, 1.54) is 11.1 Å². The Morgan fingerprint density at radius 3 is 2.08 bits per heavy atom. The molecule has 3 rings (SSSR count). The number of aliphatic carboxylic acids is 1. The van der Waals surface area contributed by atoms with E-state index < -0.39 is 17.3 Å². The Labute approximate surface area is 147 Å². The molecule has 0 radical (unpaired) electrons. The lowest BCUT2D eigenvalue weighted by Crippen LogP contribution is -2.28. The summed E-state index contributed by atoms with van der Waals surface area (Å²) in [6, 6.07) is 13.3. The zero-order valence-electron chi connectivity index (χ0n) is 14.8. The molecule has 0 bridgehead atoms. The summed E-state index contributed by atoms with van der Waals surface area (Å²) >= 11 is 0. The van der Waals surface area contributed by atoms with Crippen LogP contribution >= 0.6 is 0 Å². The number of carbonyl (C=O) groups is 2. The van der Waals surface area contributed by atoms with Crippen molar-refractivity contribution >= 4 is 17.6 Å². The zero-order valence-corrected chi connectivity index (χ0v) is 14.8. The molecular formula is C21H23NO3. The maximum atomic E-state index is 12.8. The summed E-state index contributed by atoms with van der Waals surface area (Å²) in [4.78, 5) is 23.9. The number of benzene rings is 2. The van der Waals surface area contributed by atoms with Crippen molar-refractivity contribution in [3.63, 3.8) is 0 Å².